The number of methoxy groups -OCH3 is 1. The van der Waals surface area contributed by atoms with E-state index in [-0.39, 0.29) is 6.03 Å². The zero-order valence-electron chi connectivity index (χ0n) is 16.1. The summed E-state index contributed by atoms with van der Waals surface area (Å²) in [6.07, 6.45) is 0. The minimum atomic E-state index is -0.106. The van der Waals surface area contributed by atoms with Crippen molar-refractivity contribution in [3.8, 4) is 5.75 Å². The number of piperazine rings is 1. The molecule has 2 aromatic carbocycles. The highest BCUT2D eigenvalue weighted by Gasteiger charge is 2.23. The summed E-state index contributed by atoms with van der Waals surface area (Å²) in [5, 5.41) is 2.97. The van der Waals surface area contributed by atoms with Gasteiger partial charge in [0, 0.05) is 26.2 Å². The van der Waals surface area contributed by atoms with Gasteiger partial charge < -0.3 is 19.4 Å². The Balaban J connectivity index is 1.33. The quantitative estimate of drug-likeness (QED) is 0.750. The highest BCUT2D eigenvalue weighted by atomic mass is 16.5. The average Bonchev–Trinajstić information content (AvgIpc) is 3.11. The van der Waals surface area contributed by atoms with E-state index < -0.39 is 0 Å². The van der Waals surface area contributed by atoms with Gasteiger partial charge in [-0.25, -0.2) is 9.78 Å². The van der Waals surface area contributed by atoms with Gasteiger partial charge in [0.05, 0.1) is 19.3 Å². The molecule has 2 amide bonds. The third kappa shape index (κ3) is 3.94. The molecule has 1 aliphatic rings. The van der Waals surface area contributed by atoms with E-state index in [2.05, 4.69) is 15.2 Å². The Bertz CT molecular complexity index is 944. The van der Waals surface area contributed by atoms with Crippen LogP contribution in [0.4, 0.5) is 10.5 Å². The molecule has 1 aromatic heterocycles. The number of carbonyl (C=O) groups is 1. The van der Waals surface area contributed by atoms with Crippen molar-refractivity contribution in [3.05, 3.63) is 53.9 Å². The fourth-order valence-electron chi connectivity index (χ4n) is 3.40. The summed E-state index contributed by atoms with van der Waals surface area (Å²) in [6, 6.07) is 13.4. The van der Waals surface area contributed by atoms with Crippen LogP contribution in [-0.2, 0) is 6.54 Å². The Labute approximate surface area is 163 Å². The first kappa shape index (κ1) is 18.3. The third-order valence-corrected chi connectivity index (χ3v) is 4.95. The predicted octanol–water partition coefficient (Wildman–Crippen LogP) is 3.49. The smallest absolute Gasteiger partial charge is 0.322 e. The van der Waals surface area contributed by atoms with Crippen molar-refractivity contribution in [1.82, 2.24) is 14.8 Å². The van der Waals surface area contributed by atoms with Crippen LogP contribution in [0.1, 0.15) is 11.5 Å². The number of urea groups is 1. The number of aromatic nitrogens is 1. The SMILES string of the molecule is COc1ccc(C)cc1NC(=O)N1CCN(Cc2nc3ccccc3o2)CC1. The minimum absolute atomic E-state index is 0.106. The normalized spacial score (nSPS) is 15.0. The number of rotatable bonds is 4. The molecule has 3 aromatic rings. The Hall–Kier alpha value is -3.06. The largest absolute Gasteiger partial charge is 0.495 e. The molecule has 7 nitrogen and oxygen atoms in total. The summed E-state index contributed by atoms with van der Waals surface area (Å²) in [5.41, 5.74) is 3.45. The molecule has 0 atom stereocenters. The molecule has 4 rings (SSSR count). The summed E-state index contributed by atoms with van der Waals surface area (Å²) in [7, 11) is 1.60. The van der Waals surface area contributed by atoms with Crippen molar-refractivity contribution >= 4 is 22.8 Å². The molecule has 1 N–H and O–H groups in total. The van der Waals surface area contributed by atoms with Crippen LogP contribution in [0.3, 0.4) is 0 Å². The summed E-state index contributed by atoms with van der Waals surface area (Å²) in [4.78, 5) is 21.2. The zero-order chi connectivity index (χ0) is 19.5. The van der Waals surface area contributed by atoms with Gasteiger partial charge in [-0.2, -0.15) is 0 Å². The Morgan fingerprint density at radius 1 is 1.18 bits per heavy atom. The number of para-hydroxylation sites is 2. The number of nitrogens with one attached hydrogen (secondary N) is 1. The molecule has 0 unspecified atom stereocenters. The van der Waals surface area contributed by atoms with E-state index in [0.717, 1.165) is 29.8 Å². The molecule has 2 heterocycles. The first-order valence-corrected chi connectivity index (χ1v) is 9.40. The average molecular weight is 380 g/mol. The van der Waals surface area contributed by atoms with Gasteiger partial charge in [0.1, 0.15) is 11.3 Å². The first-order valence-electron chi connectivity index (χ1n) is 9.40. The lowest BCUT2D eigenvalue weighted by molar-refractivity contribution is 0.136. The van der Waals surface area contributed by atoms with Crippen molar-refractivity contribution in [1.29, 1.82) is 0 Å². The van der Waals surface area contributed by atoms with Crippen LogP contribution >= 0.6 is 0 Å². The Morgan fingerprint density at radius 2 is 1.96 bits per heavy atom. The minimum Gasteiger partial charge on any atom is -0.495 e. The molecule has 1 fully saturated rings. The third-order valence-electron chi connectivity index (χ3n) is 4.95. The van der Waals surface area contributed by atoms with E-state index in [0.29, 0.717) is 37.0 Å². The van der Waals surface area contributed by atoms with Gasteiger partial charge in [0.25, 0.3) is 0 Å². The number of fused-ring (bicyclic) bond motifs is 1. The topological polar surface area (TPSA) is 70.8 Å². The highest BCUT2D eigenvalue weighted by molar-refractivity contribution is 5.91. The van der Waals surface area contributed by atoms with Crippen molar-refractivity contribution < 1.29 is 13.9 Å². The van der Waals surface area contributed by atoms with Crippen LogP contribution in [0.2, 0.25) is 0 Å². The van der Waals surface area contributed by atoms with Crippen LogP contribution in [0.25, 0.3) is 11.1 Å². The molecule has 0 radical (unpaired) electrons. The van der Waals surface area contributed by atoms with Gasteiger partial charge in [-0.1, -0.05) is 18.2 Å². The number of amides is 2. The molecule has 1 saturated heterocycles. The van der Waals surface area contributed by atoms with Gasteiger partial charge in [-0.3, -0.25) is 4.90 Å². The number of hydrogen-bond donors (Lipinski definition) is 1. The lowest BCUT2D eigenvalue weighted by Crippen LogP contribution is -2.49. The molecule has 146 valence electrons. The summed E-state index contributed by atoms with van der Waals surface area (Å²) >= 11 is 0. The summed E-state index contributed by atoms with van der Waals surface area (Å²) < 4.78 is 11.1. The fraction of sp³-hybridized carbons (Fsp3) is 0.333. The van der Waals surface area contributed by atoms with Crippen LogP contribution in [0, 0.1) is 6.92 Å². The number of nitrogens with zero attached hydrogens (tertiary/aromatic N) is 3. The summed E-state index contributed by atoms with van der Waals surface area (Å²) in [6.45, 7) is 5.49. The second-order valence-corrected chi connectivity index (χ2v) is 6.97. The van der Waals surface area contributed by atoms with Crippen LogP contribution < -0.4 is 10.1 Å². The molecular formula is C21H24N4O3. The lowest BCUT2D eigenvalue weighted by atomic mass is 10.2. The number of oxazole rings is 1. The van der Waals surface area contributed by atoms with E-state index >= 15 is 0 Å². The number of anilines is 1. The molecule has 0 spiro atoms. The molecule has 1 aliphatic heterocycles. The van der Waals surface area contributed by atoms with Crippen molar-refractivity contribution in [2.45, 2.75) is 13.5 Å². The van der Waals surface area contributed by atoms with E-state index in [9.17, 15) is 4.79 Å². The molecular weight excluding hydrogens is 356 g/mol. The van der Waals surface area contributed by atoms with Gasteiger partial charge in [0.15, 0.2) is 5.58 Å². The number of carbonyl (C=O) groups excluding carboxylic acids is 1. The maximum atomic E-state index is 12.6. The second-order valence-electron chi connectivity index (χ2n) is 6.97. The van der Waals surface area contributed by atoms with Crippen molar-refractivity contribution in [2.75, 3.05) is 38.6 Å². The van der Waals surface area contributed by atoms with Gasteiger partial charge in [-0.15, -0.1) is 0 Å². The Morgan fingerprint density at radius 3 is 2.71 bits per heavy atom. The number of hydrogen-bond acceptors (Lipinski definition) is 5. The van der Waals surface area contributed by atoms with E-state index in [4.69, 9.17) is 9.15 Å². The van der Waals surface area contributed by atoms with Gasteiger partial charge >= 0.3 is 6.03 Å². The van der Waals surface area contributed by atoms with Crippen molar-refractivity contribution in [2.24, 2.45) is 0 Å². The monoisotopic (exact) mass is 380 g/mol. The van der Waals surface area contributed by atoms with E-state index in [1.165, 1.54) is 0 Å². The second kappa shape index (κ2) is 7.90. The van der Waals surface area contributed by atoms with Gasteiger partial charge in [-0.05, 0) is 36.8 Å². The predicted molar refractivity (Wildman–Crippen MR) is 108 cm³/mol. The lowest BCUT2D eigenvalue weighted by Gasteiger charge is -2.34. The molecule has 28 heavy (non-hydrogen) atoms. The standard InChI is InChI=1S/C21H24N4O3/c1-15-7-8-18(27-2)17(13-15)23-21(26)25-11-9-24(10-12-25)14-20-22-16-5-3-4-6-19(16)28-20/h3-8,13H,9-12,14H2,1-2H3,(H,23,26). The summed E-state index contributed by atoms with van der Waals surface area (Å²) in [5.74, 6) is 1.37. The number of benzene rings is 2. The molecule has 0 aliphatic carbocycles. The van der Waals surface area contributed by atoms with Crippen LogP contribution in [-0.4, -0.2) is 54.1 Å². The zero-order valence-corrected chi connectivity index (χ0v) is 16.1. The van der Waals surface area contributed by atoms with Crippen molar-refractivity contribution in [3.63, 3.8) is 0 Å². The first-order chi connectivity index (χ1) is 13.6. The molecule has 7 heteroatoms. The maximum Gasteiger partial charge on any atom is 0.322 e. The fourth-order valence-corrected chi connectivity index (χ4v) is 3.40. The molecule has 0 saturated carbocycles. The molecule has 0 bridgehead atoms. The van der Waals surface area contributed by atoms with Crippen LogP contribution in [0.15, 0.2) is 46.9 Å². The van der Waals surface area contributed by atoms with Gasteiger partial charge in [0.2, 0.25) is 5.89 Å². The van der Waals surface area contributed by atoms with E-state index in [1.54, 1.807) is 7.11 Å². The van der Waals surface area contributed by atoms with Crippen LogP contribution in [0.5, 0.6) is 5.75 Å². The maximum absolute atomic E-state index is 12.6. The number of aryl methyl sites for hydroxylation is 1. The number of ether oxygens (including phenoxy) is 1. The van der Waals surface area contributed by atoms with E-state index in [1.807, 2.05) is 54.3 Å². The highest BCUT2D eigenvalue weighted by Crippen LogP contribution is 2.25. The Kier molecular flexibility index (Phi) is 5.16.